The molecule has 0 aliphatic carbocycles. The summed E-state index contributed by atoms with van der Waals surface area (Å²) in [5.74, 6) is 0. The second-order valence-corrected chi connectivity index (χ2v) is 23.8. The monoisotopic (exact) mass is 988 g/mol. The van der Waals surface area contributed by atoms with Gasteiger partial charge in [-0.1, -0.05) is 12.1 Å². The lowest BCUT2D eigenvalue weighted by atomic mass is 10.2. The normalized spacial score (nSPS) is 13.1. The first-order valence-corrected chi connectivity index (χ1v) is 26.4. The average Bonchev–Trinajstić information content (AvgIpc) is 4.16. The van der Waals surface area contributed by atoms with Crippen LogP contribution in [-0.2, 0) is 28.2 Å². The van der Waals surface area contributed by atoms with Crippen molar-refractivity contribution < 1.29 is 26.5 Å². The first-order chi connectivity index (χ1) is 33.9. The summed E-state index contributed by atoms with van der Waals surface area (Å²) in [4.78, 5) is 2.69. The van der Waals surface area contributed by atoms with Gasteiger partial charge >= 0.3 is 0 Å². The zero-order valence-electron chi connectivity index (χ0n) is 38.8. The van der Waals surface area contributed by atoms with Crippen LogP contribution in [0, 0.1) is 27.7 Å². The van der Waals surface area contributed by atoms with E-state index in [1.807, 2.05) is 45.3 Å². The van der Waals surface area contributed by atoms with Crippen LogP contribution in [0.3, 0.4) is 0 Å². The lowest BCUT2D eigenvalue weighted by Crippen LogP contribution is -1.87. The van der Waals surface area contributed by atoms with E-state index in [2.05, 4.69) is 147 Å². The molecule has 18 aromatic rings. The summed E-state index contributed by atoms with van der Waals surface area (Å²) >= 11 is 7.42. The summed E-state index contributed by atoms with van der Waals surface area (Å²) in [5.41, 5.74) is 21.8. The number of aromatic nitrogens is 4. The fourth-order valence-corrected chi connectivity index (χ4v) is 16.8. The second kappa shape index (κ2) is 12.5. The predicted octanol–water partition coefficient (Wildman–Crippen LogP) is 18.2. The Hall–Kier alpha value is -7.36. The topological polar surface area (TPSA) is 98.6 Å². The zero-order chi connectivity index (χ0) is 46.7. The van der Waals surface area contributed by atoms with Crippen LogP contribution in [0.15, 0.2) is 99.3 Å². The molecule has 18 rings (SSSR count). The highest BCUT2D eigenvalue weighted by Crippen LogP contribution is 2.51. The van der Waals surface area contributed by atoms with Crippen LogP contribution < -0.4 is 0 Å². The molecule has 0 atom stereocenters. The van der Waals surface area contributed by atoms with Crippen LogP contribution in [0.2, 0.25) is 0 Å². The van der Waals surface area contributed by atoms with E-state index in [0.717, 1.165) is 121 Å². The highest BCUT2D eigenvalue weighted by molar-refractivity contribution is 7.32. The molecule has 340 valence electrons. The van der Waals surface area contributed by atoms with Gasteiger partial charge in [-0.15, -0.1) is 45.3 Å². The van der Waals surface area contributed by atoms with Crippen molar-refractivity contribution >= 4 is 217 Å². The first-order valence-electron chi connectivity index (χ1n) is 23.1. The average molecular weight is 989 g/mol. The van der Waals surface area contributed by atoms with Crippen molar-refractivity contribution in [3.8, 4) is 0 Å². The van der Waals surface area contributed by atoms with Crippen molar-refractivity contribution in [1.82, 2.24) is 18.3 Å². The molecule has 0 saturated heterocycles. The van der Waals surface area contributed by atoms with Gasteiger partial charge in [-0.3, -0.25) is 0 Å². The molecule has 0 spiro atoms. The Kier molecular flexibility index (Phi) is 6.87. The van der Waals surface area contributed by atoms with E-state index in [0.29, 0.717) is 0 Å². The van der Waals surface area contributed by atoms with Gasteiger partial charge in [0.1, 0.15) is 44.5 Å². The van der Waals surface area contributed by atoms with E-state index in [-0.39, 0.29) is 0 Å². The van der Waals surface area contributed by atoms with Gasteiger partial charge in [0.25, 0.3) is 0 Å². The Labute approximate surface area is 408 Å². The molecule has 14 heteroatoms. The van der Waals surface area contributed by atoms with Gasteiger partial charge in [-0.05, 0) is 99.5 Å². The van der Waals surface area contributed by atoms with Crippen LogP contribution in [0.5, 0.6) is 0 Å². The molecule has 0 saturated carbocycles. The SMILES string of the molecule is Cc1cc2c(s1)c1sc3c4cc5oc6c(sc7c8sc(C)cc8n(C)c67)c5cc4oc3c1n2C.Cc1ccc2c(c1)oc1c3oc4cc5c(cc4c3n(C)c21)oc1c2oc3cc(C)ccc3c2n(C)c51. The van der Waals surface area contributed by atoms with Crippen LogP contribution in [-0.4, -0.2) is 18.3 Å². The maximum atomic E-state index is 6.55. The first kappa shape index (κ1) is 38.5. The summed E-state index contributed by atoms with van der Waals surface area (Å²) in [5, 5.41) is 6.47. The third-order valence-corrected chi connectivity index (χ3v) is 19.8. The minimum Gasteiger partial charge on any atom is -0.453 e. The minimum absolute atomic E-state index is 0.766. The largest absolute Gasteiger partial charge is 0.453 e. The van der Waals surface area contributed by atoms with Crippen LogP contribution in [0.4, 0.5) is 0 Å². The maximum Gasteiger partial charge on any atom is 0.196 e. The van der Waals surface area contributed by atoms with E-state index in [1.165, 1.54) is 71.1 Å². The van der Waals surface area contributed by atoms with Crippen LogP contribution in [0.25, 0.3) is 172 Å². The number of aryl methyl sites for hydroxylation is 8. The molecule has 10 nitrogen and oxygen atoms in total. The molecule has 0 N–H and O–H groups in total. The minimum atomic E-state index is 0.766. The van der Waals surface area contributed by atoms with Gasteiger partial charge in [0.15, 0.2) is 33.5 Å². The van der Waals surface area contributed by atoms with E-state index in [9.17, 15) is 0 Å². The number of fused-ring (bicyclic) bond motifs is 28. The van der Waals surface area contributed by atoms with E-state index in [1.54, 1.807) is 0 Å². The molecule has 0 bridgehead atoms. The Morgan fingerprint density at radius 3 is 1.06 bits per heavy atom. The lowest BCUT2D eigenvalue weighted by Gasteiger charge is -1.99. The molecule has 0 unspecified atom stereocenters. The fraction of sp³-hybridized carbons (Fsp3) is 0.143. The molecule has 4 aromatic carbocycles. The Bertz CT molecular complexity index is 5090. The molecular weight excluding hydrogens is 953 g/mol. The summed E-state index contributed by atoms with van der Waals surface area (Å²) < 4.78 is 55.3. The van der Waals surface area contributed by atoms with Crippen molar-refractivity contribution in [1.29, 1.82) is 0 Å². The van der Waals surface area contributed by atoms with Gasteiger partial charge in [0.2, 0.25) is 0 Å². The number of hydrogen-bond acceptors (Lipinski definition) is 10. The molecule has 0 amide bonds. The Balaban J connectivity index is 0.000000118. The summed E-state index contributed by atoms with van der Waals surface area (Å²) in [6.45, 7) is 8.50. The quantitative estimate of drug-likeness (QED) is 0.150. The molecule has 14 aromatic heterocycles. The number of rotatable bonds is 0. The van der Waals surface area contributed by atoms with Crippen molar-refractivity contribution in [2.45, 2.75) is 27.7 Å². The van der Waals surface area contributed by atoms with Crippen molar-refractivity contribution in [3.05, 3.63) is 93.7 Å². The number of thiophene rings is 4. The molecule has 0 aliphatic rings. The molecule has 0 radical (unpaired) electrons. The second-order valence-electron chi connectivity index (χ2n) is 19.3. The van der Waals surface area contributed by atoms with Crippen LogP contribution in [0.1, 0.15) is 20.9 Å². The number of nitrogens with zero attached hydrogens (tertiary/aromatic N) is 4. The van der Waals surface area contributed by atoms with E-state index >= 15 is 0 Å². The summed E-state index contributed by atoms with van der Waals surface area (Å²) in [6.07, 6.45) is 0. The summed E-state index contributed by atoms with van der Waals surface area (Å²) in [6, 6.07) is 25.7. The molecule has 70 heavy (non-hydrogen) atoms. The third-order valence-electron chi connectivity index (χ3n) is 15.0. The maximum absolute atomic E-state index is 6.55. The predicted molar refractivity (Wildman–Crippen MR) is 293 cm³/mol. The fourth-order valence-electron chi connectivity index (χ4n) is 11.9. The molecular formula is C56H36N4O6S4. The van der Waals surface area contributed by atoms with Gasteiger partial charge in [0.05, 0.1) is 61.3 Å². The van der Waals surface area contributed by atoms with Gasteiger partial charge in [-0.25, -0.2) is 0 Å². The molecule has 0 fully saturated rings. The lowest BCUT2D eigenvalue weighted by molar-refractivity contribution is 0.632. The van der Waals surface area contributed by atoms with E-state index in [4.69, 9.17) is 26.5 Å². The summed E-state index contributed by atoms with van der Waals surface area (Å²) in [7, 11) is 8.43. The van der Waals surface area contributed by atoms with E-state index < -0.39 is 0 Å². The highest BCUT2D eigenvalue weighted by atomic mass is 32.1. The number of hydrogen-bond donors (Lipinski definition) is 0. The van der Waals surface area contributed by atoms with Crippen LogP contribution >= 0.6 is 45.3 Å². The van der Waals surface area contributed by atoms with Gasteiger partial charge in [-0.2, -0.15) is 0 Å². The van der Waals surface area contributed by atoms with Gasteiger partial charge in [0, 0.05) is 70.3 Å². The highest BCUT2D eigenvalue weighted by Gasteiger charge is 2.28. The third kappa shape index (κ3) is 4.51. The van der Waals surface area contributed by atoms with Crippen molar-refractivity contribution in [2.75, 3.05) is 0 Å². The molecule has 0 aliphatic heterocycles. The Morgan fingerprint density at radius 2 is 0.643 bits per heavy atom. The van der Waals surface area contributed by atoms with Gasteiger partial charge < -0.3 is 44.8 Å². The standard InChI is InChI=1S/C30H20N2O4.C26H16N2O2S4/c1-13-5-7-15-19(9-13)33-27-23(15)31(3)25-17-11-22-18(12-21(17)35-29(25)27)26-30(36-22)28-24(32(26)4)16-8-6-14(2)10-20(16)34-28;1-9-5-13-23(31-9)25-17(27(13)3)19-21(33-25)11-7-16-12(8-15(11)29-19)22-20(30-16)18-26(34-22)24-14(28(18)4)6-10(2)32-24/h5-12H,1-4H3;5-8H,1-4H3. The number of benzene rings is 4. The molecule has 14 heterocycles. The number of furan rings is 6. The van der Waals surface area contributed by atoms with Crippen molar-refractivity contribution in [3.63, 3.8) is 0 Å². The smallest absolute Gasteiger partial charge is 0.196 e. The van der Waals surface area contributed by atoms with Crippen molar-refractivity contribution in [2.24, 2.45) is 28.2 Å². The zero-order valence-corrected chi connectivity index (χ0v) is 42.1. The Morgan fingerprint density at radius 1 is 0.300 bits per heavy atom.